The number of carbonyl (C=O) groups excluding carboxylic acids is 1. The molecule has 3 aliphatic rings. The van der Waals surface area contributed by atoms with Crippen LogP contribution in [0.15, 0.2) is 36.7 Å². The second kappa shape index (κ2) is 15.7. The van der Waals surface area contributed by atoms with Gasteiger partial charge >= 0.3 is 0 Å². The molecular weight excluding hydrogens is 554 g/mol. The quantitative estimate of drug-likeness (QED) is 0.178. The Hall–Kier alpha value is -3.17. The van der Waals surface area contributed by atoms with Crippen LogP contribution in [0.2, 0.25) is 0 Å². The molecule has 2 N–H and O–H groups in total. The van der Waals surface area contributed by atoms with Crippen molar-refractivity contribution in [2.75, 3.05) is 30.5 Å². The first-order valence-corrected chi connectivity index (χ1v) is 17.1. The first kappa shape index (κ1) is 30.8. The predicted octanol–water partition coefficient (Wildman–Crippen LogP) is 8.09. The number of carbonyl (C=O) groups is 1. The van der Waals surface area contributed by atoms with Crippen LogP contribution < -0.4 is 15.4 Å². The van der Waals surface area contributed by atoms with Gasteiger partial charge in [-0.2, -0.15) is 0 Å². The number of fused-ring (bicyclic) bond motifs is 1. The lowest BCUT2D eigenvalue weighted by Gasteiger charge is -2.25. The van der Waals surface area contributed by atoms with Crippen molar-refractivity contribution >= 4 is 34.1 Å². The maximum Gasteiger partial charge on any atom is 0.166 e. The fraction of sp³-hybridized carbons (Fsp3) is 0.629. The van der Waals surface area contributed by atoms with Gasteiger partial charge in [0.15, 0.2) is 11.4 Å². The Morgan fingerprint density at radius 2 is 1.66 bits per heavy atom. The van der Waals surface area contributed by atoms with E-state index in [1.54, 1.807) is 0 Å². The van der Waals surface area contributed by atoms with Crippen molar-refractivity contribution in [2.24, 2.45) is 0 Å². The summed E-state index contributed by atoms with van der Waals surface area (Å²) in [6.45, 7) is 2.19. The minimum absolute atomic E-state index is 0.0193. The average Bonchev–Trinajstić information content (AvgIpc) is 3.51. The van der Waals surface area contributed by atoms with Gasteiger partial charge in [0.1, 0.15) is 29.4 Å². The molecule has 9 nitrogen and oxygen atoms in total. The number of nitrogens with zero attached hydrogens (tertiary/aromatic N) is 3. The number of unbranched alkanes of at least 4 members (excludes halogenated alkanes) is 3. The molecule has 2 aliphatic heterocycles. The molecule has 0 amide bonds. The lowest BCUT2D eigenvalue weighted by Crippen LogP contribution is -2.27. The smallest absolute Gasteiger partial charge is 0.166 e. The molecule has 238 valence electrons. The normalized spacial score (nSPS) is 21.3. The SMILES string of the molecule is O=C(CCCCCCOc1ccc(Nc2cc(NC3CCCCC3)c3ncn(C4CCCCO4)c3n2)cc1)C1CCCCO1. The minimum Gasteiger partial charge on any atom is -0.494 e. The first-order valence-electron chi connectivity index (χ1n) is 17.1. The van der Waals surface area contributed by atoms with E-state index in [4.69, 9.17) is 24.2 Å². The first-order chi connectivity index (χ1) is 21.7. The van der Waals surface area contributed by atoms with Crippen LogP contribution >= 0.6 is 0 Å². The highest BCUT2D eigenvalue weighted by atomic mass is 16.5. The summed E-state index contributed by atoms with van der Waals surface area (Å²) in [4.78, 5) is 22.1. The highest BCUT2D eigenvalue weighted by molar-refractivity contribution is 5.88. The fourth-order valence-electron chi connectivity index (χ4n) is 6.68. The molecule has 9 heteroatoms. The molecule has 6 rings (SSSR count). The lowest BCUT2D eigenvalue weighted by molar-refractivity contribution is -0.133. The highest BCUT2D eigenvalue weighted by Gasteiger charge is 2.23. The van der Waals surface area contributed by atoms with Gasteiger partial charge in [0.25, 0.3) is 0 Å². The Morgan fingerprint density at radius 3 is 2.43 bits per heavy atom. The number of nitrogens with one attached hydrogen (secondary N) is 2. The molecule has 0 bridgehead atoms. The summed E-state index contributed by atoms with van der Waals surface area (Å²) in [5.41, 5.74) is 3.75. The van der Waals surface area contributed by atoms with Crippen LogP contribution in [0.4, 0.5) is 17.2 Å². The molecule has 2 atom stereocenters. The van der Waals surface area contributed by atoms with Crippen molar-refractivity contribution in [3.63, 3.8) is 0 Å². The molecule has 1 aromatic carbocycles. The van der Waals surface area contributed by atoms with Crippen molar-refractivity contribution in [1.29, 1.82) is 0 Å². The number of Topliss-reactive ketones (excluding diaryl/α,β-unsaturated/α-hetero) is 1. The number of rotatable bonds is 14. The van der Waals surface area contributed by atoms with Gasteiger partial charge in [-0.3, -0.25) is 9.36 Å². The largest absolute Gasteiger partial charge is 0.494 e. The zero-order valence-electron chi connectivity index (χ0n) is 26.1. The van der Waals surface area contributed by atoms with Crippen LogP contribution in [0.25, 0.3) is 11.2 Å². The van der Waals surface area contributed by atoms with E-state index in [0.29, 0.717) is 19.1 Å². The molecule has 2 aromatic heterocycles. The third-order valence-corrected chi connectivity index (χ3v) is 9.21. The number of hydrogen-bond donors (Lipinski definition) is 2. The summed E-state index contributed by atoms with van der Waals surface area (Å²) >= 11 is 0. The molecule has 0 spiro atoms. The van der Waals surface area contributed by atoms with Gasteiger partial charge in [0, 0.05) is 37.4 Å². The molecular formula is C35H49N5O4. The van der Waals surface area contributed by atoms with Crippen molar-refractivity contribution < 1.29 is 19.0 Å². The van der Waals surface area contributed by atoms with E-state index in [1.807, 2.05) is 30.6 Å². The third-order valence-electron chi connectivity index (χ3n) is 9.21. The number of aromatic nitrogens is 3. The minimum atomic E-state index is -0.150. The van der Waals surface area contributed by atoms with Crippen LogP contribution in [-0.4, -0.2) is 52.3 Å². The van der Waals surface area contributed by atoms with Gasteiger partial charge in [-0.05, 0) is 88.5 Å². The topological polar surface area (TPSA) is 99.5 Å². The van der Waals surface area contributed by atoms with Crippen molar-refractivity contribution in [3.05, 3.63) is 36.7 Å². The summed E-state index contributed by atoms with van der Waals surface area (Å²) in [7, 11) is 0. The van der Waals surface area contributed by atoms with Crippen LogP contribution in [-0.2, 0) is 14.3 Å². The van der Waals surface area contributed by atoms with Crippen molar-refractivity contribution in [1.82, 2.24) is 14.5 Å². The molecule has 1 saturated carbocycles. The van der Waals surface area contributed by atoms with E-state index in [1.165, 1.54) is 32.1 Å². The zero-order chi connectivity index (χ0) is 30.0. The summed E-state index contributed by atoms with van der Waals surface area (Å²) in [5, 5.41) is 7.32. The van der Waals surface area contributed by atoms with E-state index in [9.17, 15) is 4.79 Å². The van der Waals surface area contributed by atoms with Crippen LogP contribution in [0.3, 0.4) is 0 Å². The number of anilines is 3. The maximum absolute atomic E-state index is 12.3. The van der Waals surface area contributed by atoms with Crippen LogP contribution in [0.5, 0.6) is 5.75 Å². The standard InChI is InChI=1S/C35H49N5O4/c41-30(31-15-7-10-22-43-31)14-6-1-2-9-21-42-28-19-17-27(18-20-28)38-32-24-29(37-26-12-4-3-5-13-26)34-35(39-32)40(25-36-34)33-16-8-11-23-44-33/h17-20,24-26,31,33H,1-16,21-23H2,(H2,37,38,39). The van der Waals surface area contributed by atoms with Gasteiger partial charge < -0.3 is 24.8 Å². The van der Waals surface area contributed by atoms with Gasteiger partial charge in [-0.15, -0.1) is 0 Å². The second-order valence-electron chi connectivity index (χ2n) is 12.7. The molecule has 0 radical (unpaired) electrons. The summed E-state index contributed by atoms with van der Waals surface area (Å²) < 4.78 is 19.8. The van der Waals surface area contributed by atoms with Gasteiger partial charge in [0.2, 0.25) is 0 Å². The molecule has 4 heterocycles. The molecule has 44 heavy (non-hydrogen) atoms. The average molecular weight is 604 g/mol. The van der Waals surface area contributed by atoms with Crippen LogP contribution in [0.1, 0.15) is 109 Å². The summed E-state index contributed by atoms with van der Waals surface area (Å²) in [6.07, 6.45) is 19.0. The summed E-state index contributed by atoms with van der Waals surface area (Å²) in [5.74, 6) is 1.93. The van der Waals surface area contributed by atoms with Gasteiger partial charge in [0.05, 0.1) is 18.6 Å². The van der Waals surface area contributed by atoms with Crippen molar-refractivity contribution in [3.8, 4) is 5.75 Å². The molecule has 3 fully saturated rings. The Balaban J connectivity index is 1.02. The van der Waals surface area contributed by atoms with Gasteiger partial charge in [-0.25, -0.2) is 9.97 Å². The summed E-state index contributed by atoms with van der Waals surface area (Å²) in [6, 6.07) is 10.6. The lowest BCUT2D eigenvalue weighted by atomic mass is 9.95. The maximum atomic E-state index is 12.3. The molecule has 2 saturated heterocycles. The number of ether oxygens (including phenoxy) is 3. The number of imidazole rings is 1. The van der Waals surface area contributed by atoms with E-state index in [-0.39, 0.29) is 18.1 Å². The second-order valence-corrected chi connectivity index (χ2v) is 12.7. The number of ketones is 1. The molecule has 2 unspecified atom stereocenters. The Kier molecular flexibility index (Phi) is 11.0. The van der Waals surface area contributed by atoms with Crippen molar-refractivity contribution in [2.45, 2.75) is 121 Å². The molecule has 1 aliphatic carbocycles. The van der Waals surface area contributed by atoms with Gasteiger partial charge in [-0.1, -0.05) is 32.1 Å². The number of benzene rings is 1. The van der Waals surface area contributed by atoms with E-state index in [0.717, 1.165) is 112 Å². The fourth-order valence-corrected chi connectivity index (χ4v) is 6.68. The Labute approximate surface area is 261 Å². The Morgan fingerprint density at radius 1 is 0.886 bits per heavy atom. The third kappa shape index (κ3) is 8.30. The molecule has 3 aromatic rings. The number of pyridine rings is 1. The van der Waals surface area contributed by atoms with E-state index in [2.05, 4.69) is 21.3 Å². The zero-order valence-corrected chi connectivity index (χ0v) is 26.1. The monoisotopic (exact) mass is 603 g/mol. The van der Waals surface area contributed by atoms with E-state index < -0.39 is 0 Å². The predicted molar refractivity (Wildman–Crippen MR) is 174 cm³/mol. The van der Waals surface area contributed by atoms with Crippen LogP contribution in [0, 0.1) is 0 Å². The Bertz CT molecular complexity index is 1320. The number of hydrogen-bond acceptors (Lipinski definition) is 8. The highest BCUT2D eigenvalue weighted by Crippen LogP contribution is 2.33. The van der Waals surface area contributed by atoms with E-state index >= 15 is 0 Å².